The Hall–Kier alpha value is -1.60. The van der Waals surface area contributed by atoms with Gasteiger partial charge in [0.15, 0.2) is 0 Å². The SMILES string of the molecule is CN(C)c1nc(N)nc(CSCc2ccc(Cl)nc2)n1. The molecule has 0 aliphatic carbocycles. The van der Waals surface area contributed by atoms with Crippen LogP contribution in [0.25, 0.3) is 0 Å². The van der Waals surface area contributed by atoms with Crippen molar-refractivity contribution < 1.29 is 0 Å². The first-order valence-corrected chi connectivity index (χ1v) is 7.44. The second-order valence-electron chi connectivity index (χ2n) is 4.29. The summed E-state index contributed by atoms with van der Waals surface area (Å²) in [6.45, 7) is 0. The lowest BCUT2D eigenvalue weighted by atomic mass is 10.3. The van der Waals surface area contributed by atoms with Crippen LogP contribution in [0.3, 0.4) is 0 Å². The Morgan fingerprint density at radius 3 is 2.65 bits per heavy atom. The molecule has 0 radical (unpaired) electrons. The van der Waals surface area contributed by atoms with E-state index in [1.54, 1.807) is 28.9 Å². The van der Waals surface area contributed by atoms with Crippen LogP contribution in [0.1, 0.15) is 11.4 Å². The molecule has 0 atom stereocenters. The summed E-state index contributed by atoms with van der Waals surface area (Å²) < 4.78 is 0. The van der Waals surface area contributed by atoms with Crippen LogP contribution >= 0.6 is 23.4 Å². The third-order valence-corrected chi connectivity index (χ3v) is 3.60. The van der Waals surface area contributed by atoms with Gasteiger partial charge in [0.2, 0.25) is 11.9 Å². The number of nitrogens with zero attached hydrogens (tertiary/aromatic N) is 5. The maximum atomic E-state index is 5.74. The van der Waals surface area contributed by atoms with Gasteiger partial charge in [-0.3, -0.25) is 0 Å². The van der Waals surface area contributed by atoms with Gasteiger partial charge in [-0.15, -0.1) is 11.8 Å². The smallest absolute Gasteiger partial charge is 0.229 e. The van der Waals surface area contributed by atoms with Gasteiger partial charge in [0.05, 0.1) is 5.75 Å². The molecule has 6 nitrogen and oxygen atoms in total. The Labute approximate surface area is 126 Å². The lowest BCUT2D eigenvalue weighted by Crippen LogP contribution is -2.15. The van der Waals surface area contributed by atoms with Gasteiger partial charge < -0.3 is 10.6 Å². The highest BCUT2D eigenvalue weighted by Gasteiger charge is 2.06. The molecule has 0 aromatic carbocycles. The largest absolute Gasteiger partial charge is 0.368 e. The molecule has 2 aromatic rings. The van der Waals surface area contributed by atoms with E-state index in [0.717, 1.165) is 11.3 Å². The topological polar surface area (TPSA) is 80.8 Å². The van der Waals surface area contributed by atoms with Crippen LogP contribution in [0.2, 0.25) is 5.15 Å². The van der Waals surface area contributed by atoms with Crippen molar-refractivity contribution in [3.63, 3.8) is 0 Å². The Morgan fingerprint density at radius 1 is 1.20 bits per heavy atom. The van der Waals surface area contributed by atoms with Crippen molar-refractivity contribution in [2.24, 2.45) is 0 Å². The van der Waals surface area contributed by atoms with Crippen molar-refractivity contribution >= 4 is 35.3 Å². The van der Waals surface area contributed by atoms with Crippen LogP contribution in [-0.2, 0) is 11.5 Å². The molecule has 0 aliphatic rings. The minimum atomic E-state index is 0.243. The zero-order valence-electron chi connectivity index (χ0n) is 11.2. The van der Waals surface area contributed by atoms with Crippen LogP contribution in [0.5, 0.6) is 0 Å². The van der Waals surface area contributed by atoms with Gasteiger partial charge in [0.25, 0.3) is 0 Å². The summed E-state index contributed by atoms with van der Waals surface area (Å²) in [6, 6.07) is 3.73. The average molecular weight is 311 g/mol. The molecule has 0 spiro atoms. The molecule has 0 amide bonds. The summed E-state index contributed by atoms with van der Waals surface area (Å²) in [7, 11) is 3.73. The zero-order valence-corrected chi connectivity index (χ0v) is 12.8. The van der Waals surface area contributed by atoms with Gasteiger partial charge in [-0.25, -0.2) is 4.98 Å². The third-order valence-electron chi connectivity index (χ3n) is 2.38. The maximum Gasteiger partial charge on any atom is 0.229 e. The molecule has 0 bridgehead atoms. The summed E-state index contributed by atoms with van der Waals surface area (Å²) >= 11 is 7.43. The van der Waals surface area contributed by atoms with E-state index in [4.69, 9.17) is 17.3 Å². The summed E-state index contributed by atoms with van der Waals surface area (Å²) in [4.78, 5) is 18.4. The van der Waals surface area contributed by atoms with Gasteiger partial charge in [-0.05, 0) is 11.6 Å². The second kappa shape index (κ2) is 6.71. The van der Waals surface area contributed by atoms with Crippen molar-refractivity contribution in [2.45, 2.75) is 11.5 Å². The molecule has 2 rings (SSSR count). The lowest BCUT2D eigenvalue weighted by Gasteiger charge is -2.11. The first-order chi connectivity index (χ1) is 9.54. The van der Waals surface area contributed by atoms with E-state index in [1.165, 1.54) is 0 Å². The standard InChI is InChI=1S/C12H15ClN6S/c1-19(2)12-17-10(16-11(14)18-12)7-20-6-8-3-4-9(13)15-5-8/h3-5H,6-7H2,1-2H3,(H2,14,16,17,18). The number of nitrogens with two attached hydrogens (primary N) is 1. The van der Waals surface area contributed by atoms with Crippen LogP contribution in [0, 0.1) is 0 Å². The molecule has 2 aromatic heterocycles. The van der Waals surface area contributed by atoms with Gasteiger partial charge >= 0.3 is 0 Å². The summed E-state index contributed by atoms with van der Waals surface area (Å²) in [5, 5.41) is 0.500. The highest BCUT2D eigenvalue weighted by atomic mass is 35.5. The number of nitrogen functional groups attached to an aromatic ring is 1. The van der Waals surface area contributed by atoms with E-state index < -0.39 is 0 Å². The number of hydrogen-bond donors (Lipinski definition) is 1. The third kappa shape index (κ3) is 4.21. The van der Waals surface area contributed by atoms with Crippen molar-refractivity contribution in [1.29, 1.82) is 0 Å². The van der Waals surface area contributed by atoms with E-state index in [9.17, 15) is 0 Å². The highest BCUT2D eigenvalue weighted by Crippen LogP contribution is 2.17. The van der Waals surface area contributed by atoms with Gasteiger partial charge in [-0.2, -0.15) is 15.0 Å². The Morgan fingerprint density at radius 2 is 2.00 bits per heavy atom. The lowest BCUT2D eigenvalue weighted by molar-refractivity contribution is 0.919. The number of thioether (sulfide) groups is 1. The minimum absolute atomic E-state index is 0.243. The van der Waals surface area contributed by atoms with Crippen LogP contribution < -0.4 is 10.6 Å². The van der Waals surface area contributed by atoms with E-state index in [0.29, 0.717) is 22.7 Å². The highest BCUT2D eigenvalue weighted by molar-refractivity contribution is 7.97. The van der Waals surface area contributed by atoms with Gasteiger partial charge in [-0.1, -0.05) is 17.7 Å². The Bertz CT molecular complexity index is 575. The van der Waals surface area contributed by atoms with Crippen molar-refractivity contribution in [3.8, 4) is 0 Å². The molecule has 20 heavy (non-hydrogen) atoms. The summed E-state index contributed by atoms with van der Waals surface area (Å²) in [5.41, 5.74) is 6.78. The molecule has 0 aliphatic heterocycles. The normalized spacial score (nSPS) is 10.6. The average Bonchev–Trinajstić information content (AvgIpc) is 2.40. The molecule has 0 saturated heterocycles. The predicted molar refractivity (Wildman–Crippen MR) is 82.8 cm³/mol. The van der Waals surface area contributed by atoms with E-state index in [2.05, 4.69) is 19.9 Å². The van der Waals surface area contributed by atoms with Crippen LogP contribution in [-0.4, -0.2) is 34.0 Å². The maximum absolute atomic E-state index is 5.74. The Balaban J connectivity index is 1.95. The predicted octanol–water partition coefficient (Wildman–Crippen LogP) is 2.00. The number of hydrogen-bond acceptors (Lipinski definition) is 7. The molecular formula is C12H15ClN6S. The molecule has 0 saturated carbocycles. The number of pyridine rings is 1. The van der Waals surface area contributed by atoms with Crippen molar-refractivity contribution in [3.05, 3.63) is 34.9 Å². The fourth-order valence-electron chi connectivity index (χ4n) is 1.44. The van der Waals surface area contributed by atoms with Gasteiger partial charge in [0.1, 0.15) is 11.0 Å². The monoisotopic (exact) mass is 310 g/mol. The molecular weight excluding hydrogens is 296 g/mol. The number of halogens is 1. The molecule has 106 valence electrons. The Kier molecular flexibility index (Phi) is 4.97. The fraction of sp³-hybridized carbons (Fsp3) is 0.333. The van der Waals surface area contributed by atoms with Gasteiger partial charge in [0, 0.05) is 26.0 Å². The molecule has 0 fully saturated rings. The van der Waals surface area contributed by atoms with E-state index in [1.807, 2.05) is 20.2 Å². The molecule has 0 unspecified atom stereocenters. The van der Waals surface area contributed by atoms with Crippen LogP contribution in [0.15, 0.2) is 18.3 Å². The summed E-state index contributed by atoms with van der Waals surface area (Å²) in [6.07, 6.45) is 1.77. The zero-order chi connectivity index (χ0) is 14.5. The molecule has 2 N–H and O–H groups in total. The summed E-state index contributed by atoms with van der Waals surface area (Å²) in [5.74, 6) is 2.96. The van der Waals surface area contributed by atoms with Crippen molar-refractivity contribution in [1.82, 2.24) is 19.9 Å². The number of aromatic nitrogens is 4. The van der Waals surface area contributed by atoms with Crippen molar-refractivity contribution in [2.75, 3.05) is 24.7 Å². The minimum Gasteiger partial charge on any atom is -0.368 e. The van der Waals surface area contributed by atoms with E-state index in [-0.39, 0.29) is 5.95 Å². The second-order valence-corrected chi connectivity index (χ2v) is 5.66. The number of rotatable bonds is 5. The molecule has 8 heteroatoms. The fourth-order valence-corrected chi connectivity index (χ4v) is 2.37. The first kappa shape index (κ1) is 14.8. The van der Waals surface area contributed by atoms with Crippen LogP contribution in [0.4, 0.5) is 11.9 Å². The van der Waals surface area contributed by atoms with E-state index >= 15 is 0 Å². The quantitative estimate of drug-likeness (QED) is 0.846. The number of anilines is 2. The molecule has 2 heterocycles. The first-order valence-electron chi connectivity index (χ1n) is 5.90.